The minimum Gasteiger partial charge on any atom is -0.322 e. The SMILES string of the molecule is CSc1ccc(/C=C/C(=O)Nc2cc(Cl)ccc2C)cc1. The molecule has 4 heteroatoms. The summed E-state index contributed by atoms with van der Waals surface area (Å²) in [6, 6.07) is 13.5. The lowest BCUT2D eigenvalue weighted by atomic mass is 10.2. The van der Waals surface area contributed by atoms with Crippen LogP contribution >= 0.6 is 23.4 Å². The molecule has 0 aliphatic heterocycles. The van der Waals surface area contributed by atoms with Crippen LogP contribution in [0.5, 0.6) is 0 Å². The number of thioether (sulfide) groups is 1. The third-order valence-electron chi connectivity index (χ3n) is 3.00. The number of halogens is 1. The van der Waals surface area contributed by atoms with Crippen molar-refractivity contribution in [3.8, 4) is 0 Å². The van der Waals surface area contributed by atoms with Crippen molar-refractivity contribution in [2.24, 2.45) is 0 Å². The van der Waals surface area contributed by atoms with Crippen LogP contribution in [0.2, 0.25) is 5.02 Å². The second-order valence-electron chi connectivity index (χ2n) is 4.55. The standard InChI is InChI=1S/C17H16ClNOS/c1-12-3-7-14(18)11-16(12)19-17(20)10-6-13-4-8-15(21-2)9-5-13/h3-11H,1-2H3,(H,19,20)/b10-6+. The van der Waals surface area contributed by atoms with Gasteiger partial charge < -0.3 is 5.32 Å². The van der Waals surface area contributed by atoms with Crippen LogP contribution in [-0.2, 0) is 4.79 Å². The number of amides is 1. The van der Waals surface area contributed by atoms with Gasteiger partial charge in [0.1, 0.15) is 0 Å². The fraction of sp³-hybridized carbons (Fsp3) is 0.118. The van der Waals surface area contributed by atoms with Crippen LogP contribution in [0.15, 0.2) is 53.4 Å². The summed E-state index contributed by atoms with van der Waals surface area (Å²) >= 11 is 7.62. The Hall–Kier alpha value is -1.71. The van der Waals surface area contributed by atoms with Crippen LogP contribution in [-0.4, -0.2) is 12.2 Å². The second-order valence-corrected chi connectivity index (χ2v) is 5.87. The summed E-state index contributed by atoms with van der Waals surface area (Å²) in [6.07, 6.45) is 5.35. The summed E-state index contributed by atoms with van der Waals surface area (Å²) in [5.41, 5.74) is 2.70. The quantitative estimate of drug-likeness (QED) is 0.633. The predicted molar refractivity (Wildman–Crippen MR) is 92.1 cm³/mol. The Balaban J connectivity index is 2.03. The number of hydrogen-bond donors (Lipinski definition) is 1. The largest absolute Gasteiger partial charge is 0.322 e. The average molecular weight is 318 g/mol. The molecular weight excluding hydrogens is 302 g/mol. The van der Waals surface area contributed by atoms with Gasteiger partial charge in [0.15, 0.2) is 0 Å². The van der Waals surface area contributed by atoms with Crippen molar-refractivity contribution in [1.29, 1.82) is 0 Å². The van der Waals surface area contributed by atoms with E-state index in [0.717, 1.165) is 16.8 Å². The van der Waals surface area contributed by atoms with E-state index in [1.54, 1.807) is 30.0 Å². The molecule has 108 valence electrons. The number of carbonyl (C=O) groups is 1. The highest BCUT2D eigenvalue weighted by atomic mass is 35.5. The first-order chi connectivity index (χ1) is 10.1. The van der Waals surface area contributed by atoms with Gasteiger partial charge >= 0.3 is 0 Å². The maximum Gasteiger partial charge on any atom is 0.248 e. The van der Waals surface area contributed by atoms with Gasteiger partial charge in [-0.05, 0) is 54.6 Å². The van der Waals surface area contributed by atoms with Crippen LogP contribution in [0.4, 0.5) is 5.69 Å². The molecule has 0 fully saturated rings. The maximum absolute atomic E-state index is 11.9. The highest BCUT2D eigenvalue weighted by Crippen LogP contribution is 2.20. The number of anilines is 1. The predicted octanol–water partition coefficient (Wildman–Crippen LogP) is 5.02. The molecule has 0 saturated carbocycles. The summed E-state index contributed by atoms with van der Waals surface area (Å²) in [5.74, 6) is -0.172. The molecule has 2 rings (SSSR count). The minimum absolute atomic E-state index is 0.172. The molecule has 0 spiro atoms. The Kier molecular flexibility index (Phi) is 5.48. The van der Waals surface area contributed by atoms with E-state index in [1.807, 2.05) is 43.5 Å². The third-order valence-corrected chi connectivity index (χ3v) is 3.98. The van der Waals surface area contributed by atoms with Crippen molar-refractivity contribution in [3.63, 3.8) is 0 Å². The molecule has 0 aromatic heterocycles. The van der Waals surface area contributed by atoms with Gasteiger partial charge in [-0.15, -0.1) is 11.8 Å². The Morgan fingerprint density at radius 2 is 1.90 bits per heavy atom. The highest BCUT2D eigenvalue weighted by Gasteiger charge is 2.02. The first kappa shape index (κ1) is 15.7. The number of hydrogen-bond acceptors (Lipinski definition) is 2. The molecule has 1 amide bonds. The number of benzene rings is 2. The highest BCUT2D eigenvalue weighted by molar-refractivity contribution is 7.98. The van der Waals surface area contributed by atoms with Crippen LogP contribution in [0.25, 0.3) is 6.08 Å². The van der Waals surface area contributed by atoms with Crippen LogP contribution < -0.4 is 5.32 Å². The molecule has 0 radical (unpaired) electrons. The van der Waals surface area contributed by atoms with Gasteiger partial charge in [-0.1, -0.05) is 29.8 Å². The molecule has 0 aliphatic rings. The second kappa shape index (κ2) is 7.34. The normalized spacial score (nSPS) is 10.8. The fourth-order valence-electron chi connectivity index (χ4n) is 1.79. The van der Waals surface area contributed by atoms with E-state index in [1.165, 1.54) is 11.0 Å². The smallest absolute Gasteiger partial charge is 0.248 e. The molecule has 0 unspecified atom stereocenters. The number of rotatable bonds is 4. The molecule has 0 bridgehead atoms. The van der Waals surface area contributed by atoms with E-state index in [-0.39, 0.29) is 5.91 Å². The van der Waals surface area contributed by atoms with Gasteiger partial charge in [0, 0.05) is 21.7 Å². The summed E-state index contributed by atoms with van der Waals surface area (Å²) in [4.78, 5) is 13.1. The molecule has 0 atom stereocenters. The lowest BCUT2D eigenvalue weighted by molar-refractivity contribution is -0.111. The van der Waals surface area contributed by atoms with Crippen LogP contribution in [0.3, 0.4) is 0 Å². The van der Waals surface area contributed by atoms with E-state index < -0.39 is 0 Å². The van der Waals surface area contributed by atoms with Gasteiger partial charge in [-0.2, -0.15) is 0 Å². The van der Waals surface area contributed by atoms with E-state index in [4.69, 9.17) is 11.6 Å². The topological polar surface area (TPSA) is 29.1 Å². The molecule has 1 N–H and O–H groups in total. The van der Waals surface area contributed by atoms with Crippen molar-refractivity contribution in [3.05, 3.63) is 64.7 Å². The fourth-order valence-corrected chi connectivity index (χ4v) is 2.37. The molecule has 2 aromatic rings. The first-order valence-electron chi connectivity index (χ1n) is 6.48. The number of aryl methyl sites for hydroxylation is 1. The first-order valence-corrected chi connectivity index (χ1v) is 8.08. The summed E-state index contributed by atoms with van der Waals surface area (Å²) in [7, 11) is 0. The Morgan fingerprint density at radius 1 is 1.19 bits per heavy atom. The van der Waals surface area contributed by atoms with Crippen LogP contribution in [0, 0.1) is 6.92 Å². The number of nitrogens with one attached hydrogen (secondary N) is 1. The average Bonchev–Trinajstić information content (AvgIpc) is 2.49. The van der Waals surface area contributed by atoms with Crippen LogP contribution in [0.1, 0.15) is 11.1 Å². The van der Waals surface area contributed by atoms with Gasteiger partial charge in [0.2, 0.25) is 5.91 Å². The van der Waals surface area contributed by atoms with Gasteiger partial charge in [-0.25, -0.2) is 0 Å². The lowest BCUT2D eigenvalue weighted by Gasteiger charge is -2.06. The monoisotopic (exact) mass is 317 g/mol. The lowest BCUT2D eigenvalue weighted by Crippen LogP contribution is -2.08. The summed E-state index contributed by atoms with van der Waals surface area (Å²) in [5, 5.41) is 3.43. The van der Waals surface area contributed by atoms with Crippen molar-refractivity contribution in [1.82, 2.24) is 0 Å². The minimum atomic E-state index is -0.172. The molecule has 2 nitrogen and oxygen atoms in total. The maximum atomic E-state index is 11.9. The Bertz CT molecular complexity index is 665. The van der Waals surface area contributed by atoms with Crippen molar-refractivity contribution in [2.75, 3.05) is 11.6 Å². The zero-order valence-electron chi connectivity index (χ0n) is 11.9. The third kappa shape index (κ3) is 4.66. The van der Waals surface area contributed by atoms with Gasteiger partial charge in [-0.3, -0.25) is 4.79 Å². The van der Waals surface area contributed by atoms with Crippen molar-refractivity contribution < 1.29 is 4.79 Å². The Labute approximate surface area is 134 Å². The van der Waals surface area contributed by atoms with Gasteiger partial charge in [0.25, 0.3) is 0 Å². The molecule has 21 heavy (non-hydrogen) atoms. The molecule has 0 aliphatic carbocycles. The zero-order chi connectivity index (χ0) is 15.2. The zero-order valence-corrected chi connectivity index (χ0v) is 13.5. The van der Waals surface area contributed by atoms with E-state index >= 15 is 0 Å². The van der Waals surface area contributed by atoms with E-state index in [2.05, 4.69) is 5.32 Å². The van der Waals surface area contributed by atoms with Gasteiger partial charge in [0.05, 0.1) is 0 Å². The molecular formula is C17H16ClNOS. The van der Waals surface area contributed by atoms with Crippen molar-refractivity contribution in [2.45, 2.75) is 11.8 Å². The Morgan fingerprint density at radius 3 is 2.57 bits per heavy atom. The molecule has 2 aromatic carbocycles. The van der Waals surface area contributed by atoms with E-state index in [0.29, 0.717) is 5.02 Å². The number of carbonyl (C=O) groups excluding carboxylic acids is 1. The molecule has 0 heterocycles. The summed E-state index contributed by atoms with van der Waals surface area (Å²) < 4.78 is 0. The van der Waals surface area contributed by atoms with E-state index in [9.17, 15) is 4.79 Å². The summed E-state index contributed by atoms with van der Waals surface area (Å²) in [6.45, 7) is 1.93. The van der Waals surface area contributed by atoms with Crippen molar-refractivity contribution >= 4 is 41.0 Å². The molecule has 0 saturated heterocycles.